The number of rotatable bonds is 4. The van der Waals surface area contributed by atoms with E-state index in [1.165, 1.54) is 7.11 Å². The molecule has 0 aromatic heterocycles. The molecule has 1 fully saturated rings. The monoisotopic (exact) mass is 347 g/mol. The van der Waals surface area contributed by atoms with Crippen LogP contribution in [0, 0.1) is 11.8 Å². The molecule has 4 nitrogen and oxygen atoms in total. The predicted molar refractivity (Wildman–Crippen MR) is 98.6 cm³/mol. The van der Waals surface area contributed by atoms with Crippen LogP contribution in [-0.2, 0) is 9.53 Å². The van der Waals surface area contributed by atoms with Crippen LogP contribution in [0.25, 0.3) is 0 Å². The van der Waals surface area contributed by atoms with Gasteiger partial charge in [0.2, 0.25) is 0 Å². The number of esters is 1. The van der Waals surface area contributed by atoms with Crippen molar-refractivity contribution in [2.45, 2.75) is 17.9 Å². The van der Waals surface area contributed by atoms with E-state index in [0.717, 1.165) is 12.0 Å². The molecule has 0 saturated heterocycles. The van der Waals surface area contributed by atoms with Crippen molar-refractivity contribution in [2.24, 2.45) is 11.8 Å². The SMILES string of the molecule is COC(=O)[C@@]1(NC(=O)c2ccccc2)C2C=CC(C2)[C@@H]1c1ccccc1. The number of nitrogens with one attached hydrogen (secondary N) is 1. The molecular weight excluding hydrogens is 326 g/mol. The van der Waals surface area contributed by atoms with Gasteiger partial charge >= 0.3 is 5.97 Å². The maximum atomic E-state index is 13.0. The van der Waals surface area contributed by atoms with Gasteiger partial charge in [0.25, 0.3) is 5.91 Å². The highest BCUT2D eigenvalue weighted by Crippen LogP contribution is 2.56. The summed E-state index contributed by atoms with van der Waals surface area (Å²) in [5.41, 5.74) is 0.500. The lowest BCUT2D eigenvalue weighted by Crippen LogP contribution is -2.61. The number of carbonyl (C=O) groups excluding carboxylic acids is 2. The summed E-state index contributed by atoms with van der Waals surface area (Å²) < 4.78 is 5.19. The quantitative estimate of drug-likeness (QED) is 0.682. The van der Waals surface area contributed by atoms with Gasteiger partial charge < -0.3 is 10.1 Å². The van der Waals surface area contributed by atoms with E-state index >= 15 is 0 Å². The summed E-state index contributed by atoms with van der Waals surface area (Å²) in [4.78, 5) is 25.9. The zero-order chi connectivity index (χ0) is 18.1. The van der Waals surface area contributed by atoms with Crippen LogP contribution < -0.4 is 5.32 Å². The van der Waals surface area contributed by atoms with E-state index in [-0.39, 0.29) is 29.6 Å². The molecule has 0 heterocycles. The summed E-state index contributed by atoms with van der Waals surface area (Å²) in [7, 11) is 1.39. The van der Waals surface area contributed by atoms with Crippen LogP contribution in [-0.4, -0.2) is 24.5 Å². The largest absolute Gasteiger partial charge is 0.467 e. The fourth-order valence-electron chi connectivity index (χ4n) is 4.57. The molecule has 1 amide bonds. The number of fused-ring (bicyclic) bond motifs is 2. The lowest BCUT2D eigenvalue weighted by molar-refractivity contribution is -0.150. The third-order valence-corrected chi connectivity index (χ3v) is 5.66. The van der Waals surface area contributed by atoms with E-state index in [9.17, 15) is 9.59 Å². The van der Waals surface area contributed by atoms with E-state index in [1.54, 1.807) is 12.1 Å². The molecule has 2 aliphatic carbocycles. The molecule has 2 bridgehead atoms. The number of ether oxygens (including phenoxy) is 1. The van der Waals surface area contributed by atoms with Crippen molar-refractivity contribution in [3.05, 3.63) is 83.9 Å². The number of hydrogen-bond acceptors (Lipinski definition) is 3. The first kappa shape index (κ1) is 16.6. The summed E-state index contributed by atoms with van der Waals surface area (Å²) in [6, 6.07) is 18.9. The number of carbonyl (C=O) groups is 2. The summed E-state index contributed by atoms with van der Waals surface area (Å²) in [6.45, 7) is 0. The zero-order valence-electron chi connectivity index (χ0n) is 14.6. The van der Waals surface area contributed by atoms with Gasteiger partial charge in [-0.15, -0.1) is 0 Å². The molecule has 1 N–H and O–H groups in total. The first-order valence-corrected chi connectivity index (χ1v) is 8.86. The van der Waals surface area contributed by atoms with Crippen molar-refractivity contribution >= 4 is 11.9 Å². The van der Waals surface area contributed by atoms with Gasteiger partial charge in [-0.05, 0) is 30.0 Å². The summed E-state index contributed by atoms with van der Waals surface area (Å²) >= 11 is 0. The van der Waals surface area contributed by atoms with Crippen LogP contribution in [0.3, 0.4) is 0 Å². The molecule has 132 valence electrons. The number of hydrogen-bond donors (Lipinski definition) is 1. The van der Waals surface area contributed by atoms with Gasteiger partial charge in [0.05, 0.1) is 7.11 Å². The fraction of sp³-hybridized carbons (Fsp3) is 0.273. The van der Waals surface area contributed by atoms with E-state index < -0.39 is 5.54 Å². The molecule has 0 spiro atoms. The highest BCUT2D eigenvalue weighted by molar-refractivity contribution is 5.99. The Balaban J connectivity index is 1.79. The van der Waals surface area contributed by atoms with Crippen LogP contribution in [0.1, 0.15) is 28.3 Å². The molecule has 0 radical (unpaired) electrons. The standard InChI is InChI=1S/C22H21NO3/c1-26-21(25)22(23-20(24)16-10-6-3-7-11-16)18-13-12-17(14-18)19(22)15-8-4-2-5-9-15/h2-13,17-19H,14H2,1H3,(H,23,24)/t17?,18?,19-,22+/m0/s1. The summed E-state index contributed by atoms with van der Waals surface area (Å²) in [6.07, 6.45) is 5.05. The van der Waals surface area contributed by atoms with Crippen LogP contribution in [0.15, 0.2) is 72.8 Å². The summed E-state index contributed by atoms with van der Waals surface area (Å²) in [5.74, 6) is -0.639. The van der Waals surface area contributed by atoms with Crippen molar-refractivity contribution in [3.63, 3.8) is 0 Å². The van der Waals surface area contributed by atoms with Crippen molar-refractivity contribution in [3.8, 4) is 0 Å². The second-order valence-corrected chi connectivity index (χ2v) is 6.96. The Morgan fingerprint density at radius 3 is 2.31 bits per heavy atom. The van der Waals surface area contributed by atoms with Gasteiger partial charge in [-0.25, -0.2) is 4.79 Å². The Hall–Kier alpha value is -2.88. The Morgan fingerprint density at radius 1 is 1.00 bits per heavy atom. The van der Waals surface area contributed by atoms with Crippen LogP contribution >= 0.6 is 0 Å². The fourth-order valence-corrected chi connectivity index (χ4v) is 4.57. The first-order chi connectivity index (χ1) is 12.7. The Kier molecular flexibility index (Phi) is 4.11. The molecule has 2 aromatic rings. The lowest BCUT2D eigenvalue weighted by atomic mass is 9.72. The van der Waals surface area contributed by atoms with E-state index in [2.05, 4.69) is 11.4 Å². The molecule has 1 saturated carbocycles. The number of allylic oxidation sites excluding steroid dienone is 1. The highest BCUT2D eigenvalue weighted by Gasteiger charge is 2.62. The van der Waals surface area contributed by atoms with Gasteiger partial charge in [-0.3, -0.25) is 4.79 Å². The van der Waals surface area contributed by atoms with Gasteiger partial charge in [-0.2, -0.15) is 0 Å². The Labute approximate surface area is 152 Å². The second kappa shape index (κ2) is 6.45. The lowest BCUT2D eigenvalue weighted by Gasteiger charge is -2.40. The van der Waals surface area contributed by atoms with Gasteiger partial charge in [-0.1, -0.05) is 60.7 Å². The van der Waals surface area contributed by atoms with Gasteiger partial charge in [0.15, 0.2) is 5.54 Å². The van der Waals surface area contributed by atoms with Crippen molar-refractivity contribution in [1.82, 2.24) is 5.32 Å². The minimum Gasteiger partial charge on any atom is -0.467 e. The molecule has 4 heteroatoms. The topological polar surface area (TPSA) is 55.4 Å². The Bertz CT molecular complexity index is 846. The molecule has 2 aromatic carbocycles. The maximum Gasteiger partial charge on any atom is 0.332 e. The van der Waals surface area contributed by atoms with E-state index in [1.807, 2.05) is 54.6 Å². The van der Waals surface area contributed by atoms with Crippen molar-refractivity contribution < 1.29 is 14.3 Å². The van der Waals surface area contributed by atoms with E-state index in [0.29, 0.717) is 5.56 Å². The summed E-state index contributed by atoms with van der Waals surface area (Å²) in [5, 5.41) is 3.07. The minimum atomic E-state index is -1.08. The maximum absolute atomic E-state index is 13.0. The average Bonchev–Trinajstić information content (AvgIpc) is 3.29. The molecular formula is C22H21NO3. The molecule has 0 aliphatic heterocycles. The Morgan fingerprint density at radius 2 is 1.65 bits per heavy atom. The van der Waals surface area contributed by atoms with Crippen LogP contribution in [0.4, 0.5) is 0 Å². The van der Waals surface area contributed by atoms with Crippen molar-refractivity contribution in [2.75, 3.05) is 7.11 Å². The third-order valence-electron chi connectivity index (χ3n) is 5.66. The van der Waals surface area contributed by atoms with Gasteiger partial charge in [0.1, 0.15) is 0 Å². The normalized spacial score (nSPS) is 28.7. The van der Waals surface area contributed by atoms with E-state index in [4.69, 9.17) is 4.74 Å². The smallest absolute Gasteiger partial charge is 0.332 e. The molecule has 2 unspecified atom stereocenters. The minimum absolute atomic E-state index is 0.0715. The zero-order valence-corrected chi connectivity index (χ0v) is 14.6. The van der Waals surface area contributed by atoms with Crippen LogP contribution in [0.2, 0.25) is 0 Å². The molecule has 2 aliphatic rings. The predicted octanol–water partition coefficient (Wildman–Crippen LogP) is 3.32. The van der Waals surface area contributed by atoms with Gasteiger partial charge in [0, 0.05) is 17.4 Å². The molecule has 4 atom stereocenters. The number of benzene rings is 2. The van der Waals surface area contributed by atoms with Crippen molar-refractivity contribution in [1.29, 1.82) is 0 Å². The highest BCUT2D eigenvalue weighted by atomic mass is 16.5. The number of amides is 1. The third kappa shape index (κ3) is 2.45. The first-order valence-electron chi connectivity index (χ1n) is 8.86. The average molecular weight is 347 g/mol. The van der Waals surface area contributed by atoms with Crippen LogP contribution in [0.5, 0.6) is 0 Å². The molecule has 26 heavy (non-hydrogen) atoms. The molecule has 4 rings (SSSR count). The number of methoxy groups -OCH3 is 1. The second-order valence-electron chi connectivity index (χ2n) is 6.96.